The molecule has 1 aromatic carbocycles. The van der Waals surface area contributed by atoms with Crippen LogP contribution in [0, 0.1) is 0 Å². The molecule has 71 heavy (non-hydrogen) atoms. The molecular formula is C46H69N9O16. The third-order valence-corrected chi connectivity index (χ3v) is 10.6. The Balaban J connectivity index is 1.47. The number of hydroxylamine groups is 6. The van der Waals surface area contributed by atoms with E-state index in [1.165, 1.54) is 43.3 Å². The molecule has 1 aliphatic rings. The summed E-state index contributed by atoms with van der Waals surface area (Å²) in [6.07, 6.45) is 7.67. The Kier molecular flexibility index (Phi) is 29.3. The Hall–Kier alpha value is -6.83. The van der Waals surface area contributed by atoms with E-state index >= 15 is 0 Å². The molecule has 1 aromatic rings. The van der Waals surface area contributed by atoms with Crippen molar-refractivity contribution in [3.8, 4) is 5.75 Å². The molecule has 1 heterocycles. The minimum absolute atomic E-state index is 0.0256. The van der Waals surface area contributed by atoms with Crippen LogP contribution in [0.4, 0.5) is 0 Å². The van der Waals surface area contributed by atoms with Crippen LogP contribution in [0.5, 0.6) is 5.75 Å². The van der Waals surface area contributed by atoms with Gasteiger partial charge in [-0.05, 0) is 95.2 Å². The smallest absolute Gasteiger partial charge is 0.333 e. The van der Waals surface area contributed by atoms with Gasteiger partial charge in [-0.15, -0.1) is 0 Å². The first-order valence-electron chi connectivity index (χ1n) is 23.7. The van der Waals surface area contributed by atoms with E-state index in [9.17, 15) is 68.4 Å². The molecular weight excluding hydrogens is 935 g/mol. The van der Waals surface area contributed by atoms with E-state index in [0.717, 1.165) is 4.90 Å². The van der Waals surface area contributed by atoms with Crippen molar-refractivity contribution >= 4 is 65.1 Å². The maximum Gasteiger partial charge on any atom is 0.333 e. The van der Waals surface area contributed by atoms with Gasteiger partial charge in [0.2, 0.25) is 29.5 Å². The van der Waals surface area contributed by atoms with Crippen LogP contribution in [0.3, 0.4) is 0 Å². The molecule has 0 radical (unpaired) electrons. The van der Waals surface area contributed by atoms with Gasteiger partial charge in [-0.1, -0.05) is 6.07 Å². The first kappa shape index (κ1) is 60.3. The van der Waals surface area contributed by atoms with E-state index in [2.05, 4.69) is 21.3 Å². The van der Waals surface area contributed by atoms with Gasteiger partial charge in [-0.3, -0.25) is 63.7 Å². The number of ether oxygens (including phenoxy) is 2. The number of benzene rings is 1. The summed E-state index contributed by atoms with van der Waals surface area (Å²) in [5, 5.41) is 41.5. The standard InChI is InChI=1S/C46H69N9O16/c1-33(56)53(67)27-9-2-6-23-48-37(57)17-19-42(62)54(68)28-10-3-7-24-49-38(58)18-20-43(63)55(69)29-11-4-8-25-50-39(59)32-70-35-15-13-14-34(30-35)45(65)51-31-44(64)71-46(66)36(47)16-5-12-26-52-40(60)21-22-41(52)61/h13-15,21-22,30,36,67-69H,2-12,16-20,23-29,31-32,47H2,1H3,(H,48,57)(H,49,58)(H,50,59)(H,51,65). The van der Waals surface area contributed by atoms with E-state index in [0.29, 0.717) is 98.9 Å². The van der Waals surface area contributed by atoms with Crippen LogP contribution in [0.25, 0.3) is 0 Å². The van der Waals surface area contributed by atoms with Crippen LogP contribution in [0.1, 0.15) is 120 Å². The number of amides is 9. The number of nitrogens with one attached hydrogen (secondary N) is 4. The molecule has 9 amide bonds. The molecule has 0 saturated carbocycles. The average Bonchev–Trinajstić information content (AvgIpc) is 3.67. The summed E-state index contributed by atoms with van der Waals surface area (Å²) in [5.74, 6) is -6.16. The van der Waals surface area contributed by atoms with Crippen LogP contribution in [-0.4, -0.2) is 166 Å². The molecule has 1 unspecified atom stereocenters. The predicted octanol–water partition coefficient (Wildman–Crippen LogP) is 0.381. The maximum absolute atomic E-state index is 12.6. The number of unbranched alkanes of at least 4 members (excludes halogenated alkanes) is 7. The number of esters is 2. The Morgan fingerprint density at radius 1 is 0.634 bits per heavy atom. The fourth-order valence-electron chi connectivity index (χ4n) is 6.47. The highest BCUT2D eigenvalue weighted by molar-refractivity contribution is 6.12. The number of nitrogens with two attached hydrogens (primary N) is 1. The van der Waals surface area contributed by atoms with Crippen molar-refractivity contribution in [2.45, 2.75) is 116 Å². The molecule has 394 valence electrons. The summed E-state index contributed by atoms with van der Waals surface area (Å²) in [5.41, 5.74) is 5.89. The van der Waals surface area contributed by atoms with Gasteiger partial charge in [0, 0.05) is 96.1 Å². The summed E-state index contributed by atoms with van der Waals surface area (Å²) >= 11 is 0. The van der Waals surface area contributed by atoms with E-state index < -0.39 is 65.9 Å². The van der Waals surface area contributed by atoms with Crippen LogP contribution in [0.15, 0.2) is 36.4 Å². The van der Waals surface area contributed by atoms with E-state index in [4.69, 9.17) is 15.2 Å². The number of hydrogen-bond acceptors (Lipinski definition) is 17. The lowest BCUT2D eigenvalue weighted by molar-refractivity contribution is -0.166. The van der Waals surface area contributed by atoms with Gasteiger partial charge in [-0.2, -0.15) is 0 Å². The van der Waals surface area contributed by atoms with Gasteiger partial charge in [0.15, 0.2) is 6.61 Å². The molecule has 0 aromatic heterocycles. The van der Waals surface area contributed by atoms with Gasteiger partial charge in [0.1, 0.15) is 18.3 Å². The molecule has 0 spiro atoms. The summed E-state index contributed by atoms with van der Waals surface area (Å²) in [4.78, 5) is 133. The lowest BCUT2D eigenvalue weighted by atomic mass is 10.1. The Morgan fingerprint density at radius 2 is 1.14 bits per heavy atom. The van der Waals surface area contributed by atoms with Crippen molar-refractivity contribution in [2.75, 3.05) is 59.0 Å². The van der Waals surface area contributed by atoms with Crippen LogP contribution in [0.2, 0.25) is 0 Å². The first-order chi connectivity index (χ1) is 33.9. The second kappa shape index (κ2) is 34.5. The highest BCUT2D eigenvalue weighted by atomic mass is 16.6. The number of imide groups is 1. The molecule has 2 rings (SSSR count). The summed E-state index contributed by atoms with van der Waals surface area (Å²) in [6.45, 7) is 1.68. The molecule has 1 aliphatic heterocycles. The predicted molar refractivity (Wildman–Crippen MR) is 248 cm³/mol. The fraction of sp³-hybridized carbons (Fsp3) is 0.587. The Labute approximate surface area is 411 Å². The molecule has 0 aliphatic carbocycles. The number of carbonyl (C=O) groups is 11. The van der Waals surface area contributed by atoms with Crippen molar-refractivity contribution < 1.29 is 77.8 Å². The summed E-state index contributed by atoms with van der Waals surface area (Å²) in [6, 6.07) is 4.67. The molecule has 25 heteroatoms. The minimum atomic E-state index is -1.13. The quantitative estimate of drug-likeness (QED) is 0.0112. The monoisotopic (exact) mass is 1000 g/mol. The molecule has 0 saturated heterocycles. The second-order valence-corrected chi connectivity index (χ2v) is 16.5. The SMILES string of the molecule is CC(=O)N(O)CCCCCNC(=O)CCC(=O)N(O)CCCCCNC(=O)CCC(=O)N(O)CCCCCNC(=O)COc1cccc(C(=O)NCC(=O)OC(=O)C(N)CCCCN2C(=O)C=CC2=O)c1. The van der Waals surface area contributed by atoms with Crippen molar-refractivity contribution in [3.05, 3.63) is 42.0 Å². The molecule has 25 nitrogen and oxygen atoms in total. The zero-order chi connectivity index (χ0) is 52.6. The van der Waals surface area contributed by atoms with Gasteiger partial charge in [0.25, 0.3) is 23.6 Å². The molecule has 0 fully saturated rings. The van der Waals surface area contributed by atoms with Crippen molar-refractivity contribution in [2.24, 2.45) is 5.73 Å². The number of hydrogen-bond donors (Lipinski definition) is 8. The van der Waals surface area contributed by atoms with E-state index in [1.807, 2.05) is 0 Å². The lowest BCUT2D eigenvalue weighted by Gasteiger charge is -2.15. The third-order valence-electron chi connectivity index (χ3n) is 10.6. The second-order valence-electron chi connectivity index (χ2n) is 16.5. The maximum atomic E-state index is 12.6. The van der Waals surface area contributed by atoms with Crippen LogP contribution in [-0.2, 0) is 52.7 Å². The third kappa shape index (κ3) is 26.7. The van der Waals surface area contributed by atoms with Crippen molar-refractivity contribution in [3.63, 3.8) is 0 Å². The van der Waals surface area contributed by atoms with Gasteiger partial charge in [-0.25, -0.2) is 24.8 Å². The number of nitrogens with zero attached hydrogens (tertiary/aromatic N) is 4. The largest absolute Gasteiger partial charge is 0.484 e. The topological polar surface area (TPSA) is 354 Å². The van der Waals surface area contributed by atoms with Gasteiger partial charge >= 0.3 is 11.9 Å². The van der Waals surface area contributed by atoms with Crippen LogP contribution < -0.4 is 31.7 Å². The summed E-state index contributed by atoms with van der Waals surface area (Å²) in [7, 11) is 0. The normalized spacial score (nSPS) is 12.2. The Morgan fingerprint density at radius 3 is 1.66 bits per heavy atom. The Bertz CT molecular complexity index is 1980. The van der Waals surface area contributed by atoms with Crippen molar-refractivity contribution in [1.29, 1.82) is 0 Å². The lowest BCUT2D eigenvalue weighted by Crippen LogP contribution is -2.37. The molecule has 9 N–H and O–H groups in total. The van der Waals surface area contributed by atoms with Crippen LogP contribution >= 0.6 is 0 Å². The van der Waals surface area contributed by atoms with E-state index in [-0.39, 0.29) is 94.6 Å². The van der Waals surface area contributed by atoms with Gasteiger partial charge < -0.3 is 36.5 Å². The molecule has 1 atom stereocenters. The average molecular weight is 1000 g/mol. The zero-order valence-corrected chi connectivity index (χ0v) is 40.2. The van der Waals surface area contributed by atoms with E-state index in [1.54, 1.807) is 0 Å². The minimum Gasteiger partial charge on any atom is -0.484 e. The molecule has 0 bridgehead atoms. The fourth-order valence-corrected chi connectivity index (χ4v) is 6.47. The zero-order valence-electron chi connectivity index (χ0n) is 40.2. The van der Waals surface area contributed by atoms with Gasteiger partial charge in [0.05, 0.1) is 0 Å². The highest BCUT2D eigenvalue weighted by Gasteiger charge is 2.24. The van der Waals surface area contributed by atoms with Crippen molar-refractivity contribution in [1.82, 2.24) is 41.4 Å². The number of carbonyl (C=O) groups excluding carboxylic acids is 11. The highest BCUT2D eigenvalue weighted by Crippen LogP contribution is 2.14. The summed E-state index contributed by atoms with van der Waals surface area (Å²) < 4.78 is 10.2. The first-order valence-corrected chi connectivity index (χ1v) is 23.7. The number of rotatable bonds is 36.